The number of likely N-dealkylation sites (N-methyl/N-ethyl adjacent to an activating group) is 1. The average Bonchev–Trinajstić information content (AvgIpc) is 3.10. The molecule has 0 saturated carbocycles. The van der Waals surface area contributed by atoms with E-state index in [1.54, 1.807) is 23.0 Å². The van der Waals surface area contributed by atoms with E-state index in [-0.39, 0.29) is 11.2 Å². The predicted molar refractivity (Wildman–Crippen MR) is 102 cm³/mol. The summed E-state index contributed by atoms with van der Waals surface area (Å²) in [5, 5.41) is 15.7. The van der Waals surface area contributed by atoms with E-state index in [2.05, 4.69) is 20.6 Å². The quantitative estimate of drug-likeness (QED) is 0.810. The van der Waals surface area contributed by atoms with Crippen molar-refractivity contribution >= 4 is 24.8 Å². The molecule has 0 spiro atoms. The highest BCUT2D eigenvalue weighted by Gasteiger charge is 2.52. The molecular weight excluding hydrogens is 352 g/mol. The molecule has 1 N–H and O–H groups in total. The smallest absolute Gasteiger partial charge is 0.400 e. The minimum Gasteiger partial charge on any atom is -0.400 e. The molecule has 2 aromatic rings. The van der Waals surface area contributed by atoms with Gasteiger partial charge >= 0.3 is 7.12 Å². The number of hydrogen-bond acceptors (Lipinski definition) is 6. The van der Waals surface area contributed by atoms with Crippen LogP contribution in [0.1, 0.15) is 33.3 Å². The highest BCUT2D eigenvalue weighted by molar-refractivity contribution is 6.55. The van der Waals surface area contributed by atoms with Crippen LogP contribution >= 0.6 is 11.6 Å². The fourth-order valence-electron chi connectivity index (χ4n) is 2.58. The Kier molecular flexibility index (Phi) is 5.21. The topological polar surface area (TPSA) is 74.1 Å². The van der Waals surface area contributed by atoms with Gasteiger partial charge in [-0.3, -0.25) is 0 Å². The third-order valence-corrected chi connectivity index (χ3v) is 4.95. The van der Waals surface area contributed by atoms with Gasteiger partial charge in [0.25, 0.3) is 0 Å². The molecule has 0 unspecified atom stereocenters. The maximum absolute atomic E-state index is 6.16. The van der Waals surface area contributed by atoms with Crippen LogP contribution in [-0.4, -0.2) is 51.9 Å². The van der Waals surface area contributed by atoms with Crippen molar-refractivity contribution < 1.29 is 9.31 Å². The molecule has 0 amide bonds. The van der Waals surface area contributed by atoms with E-state index in [0.29, 0.717) is 17.5 Å². The van der Waals surface area contributed by atoms with Crippen LogP contribution in [-0.2, 0) is 9.31 Å². The SMILES string of the molecule is CNCC(=Cc1cnn(-c2ccc(Cl)nn2)c1)B1OC(C)(C)C(C)(C)O1. The molecule has 1 aliphatic heterocycles. The van der Waals surface area contributed by atoms with Crippen molar-refractivity contribution in [2.24, 2.45) is 0 Å². The van der Waals surface area contributed by atoms with Gasteiger partial charge in [-0.2, -0.15) is 5.10 Å². The molecule has 0 aromatic carbocycles. The van der Waals surface area contributed by atoms with E-state index in [1.807, 2.05) is 47.0 Å². The maximum Gasteiger partial charge on any atom is 0.491 e. The Morgan fingerprint density at radius 1 is 1.23 bits per heavy atom. The second-order valence-electron chi connectivity index (χ2n) is 7.27. The summed E-state index contributed by atoms with van der Waals surface area (Å²) in [6, 6.07) is 3.44. The van der Waals surface area contributed by atoms with Gasteiger partial charge in [0.05, 0.1) is 17.4 Å². The Morgan fingerprint density at radius 3 is 2.50 bits per heavy atom. The number of hydrogen-bond donors (Lipinski definition) is 1. The molecule has 3 rings (SSSR count). The van der Waals surface area contributed by atoms with Crippen LogP contribution in [0, 0.1) is 0 Å². The van der Waals surface area contributed by atoms with E-state index >= 15 is 0 Å². The molecule has 26 heavy (non-hydrogen) atoms. The fraction of sp³-hybridized carbons (Fsp3) is 0.471. The summed E-state index contributed by atoms with van der Waals surface area (Å²) in [6.07, 6.45) is 5.65. The monoisotopic (exact) mass is 375 g/mol. The van der Waals surface area contributed by atoms with Gasteiger partial charge in [-0.25, -0.2) is 4.68 Å². The Hall–Kier alpha value is -1.74. The number of halogens is 1. The van der Waals surface area contributed by atoms with E-state index in [9.17, 15) is 0 Å². The summed E-state index contributed by atoms with van der Waals surface area (Å²) in [5.74, 6) is 0.597. The molecule has 0 atom stereocenters. The molecule has 1 saturated heterocycles. The van der Waals surface area contributed by atoms with Crippen LogP contribution in [0.15, 0.2) is 30.0 Å². The first kappa shape index (κ1) is 19.0. The normalized spacial score (nSPS) is 19.2. The predicted octanol–water partition coefficient (Wildman–Crippen LogP) is 2.55. The van der Waals surface area contributed by atoms with Crippen LogP contribution < -0.4 is 5.32 Å². The molecule has 0 aliphatic carbocycles. The van der Waals surface area contributed by atoms with Crippen molar-refractivity contribution in [3.63, 3.8) is 0 Å². The number of nitrogens with one attached hydrogen (secondary N) is 1. The van der Waals surface area contributed by atoms with E-state index in [4.69, 9.17) is 20.9 Å². The van der Waals surface area contributed by atoms with Gasteiger partial charge in [0.2, 0.25) is 0 Å². The fourth-order valence-corrected chi connectivity index (χ4v) is 2.68. The van der Waals surface area contributed by atoms with Crippen LogP contribution in [0.3, 0.4) is 0 Å². The lowest BCUT2D eigenvalue weighted by Crippen LogP contribution is -2.41. The van der Waals surface area contributed by atoms with Crippen molar-refractivity contribution in [3.8, 4) is 5.82 Å². The van der Waals surface area contributed by atoms with Gasteiger partial charge < -0.3 is 14.6 Å². The Balaban J connectivity index is 1.85. The first-order chi connectivity index (χ1) is 12.2. The lowest BCUT2D eigenvalue weighted by atomic mass is 9.77. The minimum absolute atomic E-state index is 0.345. The Morgan fingerprint density at radius 2 is 1.92 bits per heavy atom. The zero-order valence-electron chi connectivity index (χ0n) is 15.7. The van der Waals surface area contributed by atoms with E-state index in [0.717, 1.165) is 11.0 Å². The Bertz CT molecular complexity index is 788. The molecule has 2 aromatic heterocycles. The first-order valence-electron chi connectivity index (χ1n) is 8.47. The molecule has 138 valence electrons. The second kappa shape index (κ2) is 7.11. The van der Waals surface area contributed by atoms with Crippen molar-refractivity contribution in [1.82, 2.24) is 25.3 Å². The number of rotatable bonds is 5. The van der Waals surface area contributed by atoms with Gasteiger partial charge in [0.15, 0.2) is 11.0 Å². The summed E-state index contributed by atoms with van der Waals surface area (Å²) in [5.41, 5.74) is 1.15. The minimum atomic E-state index is -0.411. The third-order valence-electron chi connectivity index (χ3n) is 4.74. The zero-order valence-corrected chi connectivity index (χ0v) is 16.4. The van der Waals surface area contributed by atoms with Gasteiger partial charge in [-0.1, -0.05) is 17.7 Å². The van der Waals surface area contributed by atoms with Crippen molar-refractivity contribution in [3.05, 3.63) is 40.7 Å². The Labute approximate surface area is 158 Å². The molecule has 9 heteroatoms. The van der Waals surface area contributed by atoms with Crippen LogP contribution in [0.5, 0.6) is 0 Å². The summed E-state index contributed by atoms with van der Waals surface area (Å²) < 4.78 is 14.0. The van der Waals surface area contributed by atoms with Crippen molar-refractivity contribution in [2.75, 3.05) is 13.6 Å². The van der Waals surface area contributed by atoms with Crippen molar-refractivity contribution in [1.29, 1.82) is 0 Å². The summed E-state index contributed by atoms with van der Waals surface area (Å²) >= 11 is 5.78. The molecule has 0 bridgehead atoms. The van der Waals surface area contributed by atoms with Gasteiger partial charge in [0, 0.05) is 18.3 Å². The highest BCUT2D eigenvalue weighted by atomic mass is 35.5. The van der Waals surface area contributed by atoms with E-state index in [1.165, 1.54) is 0 Å². The molecule has 3 heterocycles. The average molecular weight is 376 g/mol. The summed E-state index contributed by atoms with van der Waals surface area (Å²) in [4.78, 5) is 0. The van der Waals surface area contributed by atoms with Crippen LogP contribution in [0.25, 0.3) is 11.9 Å². The van der Waals surface area contributed by atoms with Gasteiger partial charge in [-0.15, -0.1) is 10.2 Å². The zero-order chi connectivity index (χ0) is 18.9. The standard InChI is InChI=1S/C17H23BClN5O2/c1-16(2)17(3,4)26-18(25-16)13(10-20-5)8-12-9-21-24(11-12)15-7-6-14(19)22-23-15/h6-9,11,20H,10H2,1-5H3. The molecule has 0 radical (unpaired) electrons. The third kappa shape index (κ3) is 3.83. The molecule has 1 fully saturated rings. The largest absolute Gasteiger partial charge is 0.491 e. The number of nitrogens with zero attached hydrogens (tertiary/aromatic N) is 4. The highest BCUT2D eigenvalue weighted by Crippen LogP contribution is 2.38. The van der Waals surface area contributed by atoms with Gasteiger partial charge in [-0.05, 0) is 52.3 Å². The maximum atomic E-state index is 6.16. The van der Waals surface area contributed by atoms with E-state index < -0.39 is 7.12 Å². The molecule has 7 nitrogen and oxygen atoms in total. The lowest BCUT2D eigenvalue weighted by molar-refractivity contribution is 0.00578. The summed E-state index contributed by atoms with van der Waals surface area (Å²) in [6.45, 7) is 8.81. The first-order valence-corrected chi connectivity index (χ1v) is 8.84. The van der Waals surface area contributed by atoms with Crippen molar-refractivity contribution in [2.45, 2.75) is 38.9 Å². The van der Waals surface area contributed by atoms with Crippen LogP contribution in [0.2, 0.25) is 5.15 Å². The summed E-state index contributed by atoms with van der Waals surface area (Å²) in [7, 11) is 1.48. The second-order valence-corrected chi connectivity index (χ2v) is 7.66. The lowest BCUT2D eigenvalue weighted by Gasteiger charge is -2.32. The molecule has 1 aliphatic rings. The van der Waals surface area contributed by atoms with Gasteiger partial charge in [0.1, 0.15) is 0 Å². The number of aromatic nitrogens is 4. The molecular formula is C17H23BClN5O2. The van der Waals surface area contributed by atoms with Crippen LogP contribution in [0.4, 0.5) is 0 Å².